The first-order valence-electron chi connectivity index (χ1n) is 11.7. The fourth-order valence-corrected chi connectivity index (χ4v) is 4.66. The number of fused-ring (bicyclic) bond motifs is 1. The van der Waals surface area contributed by atoms with Crippen LogP contribution < -0.4 is 20.0 Å². The molecule has 2 heterocycles. The van der Waals surface area contributed by atoms with E-state index in [9.17, 15) is 14.7 Å². The topological polar surface area (TPSA) is 113 Å². The molecule has 0 aliphatic carbocycles. The number of amides is 1. The van der Waals surface area contributed by atoms with Crippen LogP contribution in [-0.4, -0.2) is 48.3 Å². The van der Waals surface area contributed by atoms with Crippen LogP contribution >= 0.6 is 0 Å². The Balaban J connectivity index is 1.76. The van der Waals surface area contributed by atoms with Gasteiger partial charge in [0.25, 0.3) is 0 Å². The highest BCUT2D eigenvalue weighted by molar-refractivity contribution is 5.95. The highest BCUT2D eigenvalue weighted by Gasteiger charge is 2.41. The van der Waals surface area contributed by atoms with E-state index in [4.69, 9.17) is 5.26 Å². The van der Waals surface area contributed by atoms with Gasteiger partial charge in [0, 0.05) is 24.5 Å². The first-order chi connectivity index (χ1) is 17.4. The van der Waals surface area contributed by atoms with E-state index in [1.54, 1.807) is 37.4 Å². The second kappa shape index (κ2) is 10.4. The van der Waals surface area contributed by atoms with Crippen LogP contribution in [0.2, 0.25) is 0 Å². The SMILES string of the molecule is CCc1c(N(C=O)c2ccccn2)ccc2c1N(C(C)C(=O)O)C(CNc1ccc(C#N)cc1)N2C. The highest BCUT2D eigenvalue weighted by Crippen LogP contribution is 2.47. The molecule has 1 aliphatic heterocycles. The Bertz CT molecular complexity index is 1290. The lowest BCUT2D eigenvalue weighted by atomic mass is 10.0. The van der Waals surface area contributed by atoms with Crippen molar-refractivity contribution in [2.45, 2.75) is 32.5 Å². The van der Waals surface area contributed by atoms with Crippen molar-refractivity contribution in [3.8, 4) is 6.07 Å². The zero-order valence-electron chi connectivity index (χ0n) is 20.4. The van der Waals surface area contributed by atoms with Gasteiger partial charge in [0.05, 0.1) is 35.2 Å². The smallest absolute Gasteiger partial charge is 0.326 e. The van der Waals surface area contributed by atoms with Crippen LogP contribution in [-0.2, 0) is 16.0 Å². The fraction of sp³-hybridized carbons (Fsp3) is 0.259. The maximum Gasteiger partial charge on any atom is 0.326 e. The van der Waals surface area contributed by atoms with Crippen LogP contribution in [0.5, 0.6) is 0 Å². The van der Waals surface area contributed by atoms with Gasteiger partial charge in [-0.05, 0) is 61.9 Å². The number of carboxylic acids is 1. The number of carbonyl (C=O) groups is 2. The summed E-state index contributed by atoms with van der Waals surface area (Å²) in [5, 5.41) is 22.4. The largest absolute Gasteiger partial charge is 0.480 e. The number of benzene rings is 2. The van der Waals surface area contributed by atoms with Crippen molar-refractivity contribution < 1.29 is 14.7 Å². The third kappa shape index (κ3) is 4.41. The average Bonchev–Trinajstić information content (AvgIpc) is 3.19. The number of pyridine rings is 1. The van der Waals surface area contributed by atoms with E-state index in [1.165, 1.54) is 4.90 Å². The molecule has 1 amide bonds. The predicted octanol–water partition coefficient (Wildman–Crippen LogP) is 3.98. The lowest BCUT2D eigenvalue weighted by molar-refractivity contribution is -0.138. The van der Waals surface area contributed by atoms with Crippen LogP contribution in [0.25, 0.3) is 0 Å². The number of nitriles is 1. The van der Waals surface area contributed by atoms with Crippen molar-refractivity contribution in [2.75, 3.05) is 33.6 Å². The maximum atomic E-state index is 12.2. The van der Waals surface area contributed by atoms with Crippen molar-refractivity contribution in [2.24, 2.45) is 0 Å². The third-order valence-electron chi connectivity index (χ3n) is 6.54. The second-order valence-electron chi connectivity index (χ2n) is 8.53. The number of likely N-dealkylation sites (N-methyl/N-ethyl adjacent to an activating group) is 1. The first kappa shape index (κ1) is 24.5. The number of hydrogen-bond acceptors (Lipinski definition) is 7. The molecular weight excluding hydrogens is 456 g/mol. The van der Waals surface area contributed by atoms with E-state index in [0.717, 1.165) is 29.0 Å². The molecule has 0 bridgehead atoms. The highest BCUT2D eigenvalue weighted by atomic mass is 16.4. The Kier molecular flexibility index (Phi) is 7.06. The number of aromatic nitrogens is 1. The third-order valence-corrected chi connectivity index (χ3v) is 6.54. The number of anilines is 5. The van der Waals surface area contributed by atoms with Gasteiger partial charge in [0.15, 0.2) is 0 Å². The van der Waals surface area contributed by atoms with E-state index in [-0.39, 0.29) is 6.17 Å². The molecule has 0 spiro atoms. The van der Waals surface area contributed by atoms with Gasteiger partial charge < -0.3 is 20.2 Å². The second-order valence-corrected chi connectivity index (χ2v) is 8.53. The van der Waals surface area contributed by atoms with Crippen molar-refractivity contribution in [3.63, 3.8) is 0 Å². The number of hydrogen-bond donors (Lipinski definition) is 2. The summed E-state index contributed by atoms with van der Waals surface area (Å²) in [5.74, 6) is -0.450. The molecule has 9 nitrogen and oxygen atoms in total. The standard InChI is InChI=1S/C27H28N6O3/c1-4-21-22(32(17-34)24-7-5-6-14-29-24)12-13-23-26(21)33(18(2)27(35)36)25(31(23)3)16-30-20-10-8-19(15-28)9-11-20/h5-14,17-18,25,30H,4,16H2,1-3H3,(H,35,36). The molecule has 0 saturated carbocycles. The maximum absolute atomic E-state index is 12.2. The molecule has 1 aromatic heterocycles. The van der Waals surface area contributed by atoms with Crippen LogP contribution in [0.3, 0.4) is 0 Å². The quantitative estimate of drug-likeness (QED) is 0.439. The van der Waals surface area contributed by atoms with Gasteiger partial charge in [-0.1, -0.05) is 13.0 Å². The molecule has 0 saturated heterocycles. The van der Waals surface area contributed by atoms with Crippen LogP contribution in [0.4, 0.5) is 28.6 Å². The summed E-state index contributed by atoms with van der Waals surface area (Å²) in [4.78, 5) is 34.1. The van der Waals surface area contributed by atoms with E-state index in [2.05, 4.69) is 21.3 Å². The first-order valence-corrected chi connectivity index (χ1v) is 11.7. The molecule has 0 radical (unpaired) electrons. The summed E-state index contributed by atoms with van der Waals surface area (Å²) in [7, 11) is 1.94. The van der Waals surface area contributed by atoms with Crippen LogP contribution in [0.15, 0.2) is 60.8 Å². The minimum absolute atomic E-state index is 0.304. The molecular formula is C27H28N6O3. The zero-order chi connectivity index (χ0) is 25.8. The molecule has 2 unspecified atom stereocenters. The monoisotopic (exact) mass is 484 g/mol. The summed E-state index contributed by atoms with van der Waals surface area (Å²) in [6, 6.07) is 17.6. The Morgan fingerprint density at radius 2 is 2.00 bits per heavy atom. The van der Waals surface area contributed by atoms with Crippen LogP contribution in [0.1, 0.15) is 25.0 Å². The molecule has 2 N–H and O–H groups in total. The Hall–Kier alpha value is -4.58. The van der Waals surface area contributed by atoms with Gasteiger partial charge in [0.2, 0.25) is 6.41 Å². The molecule has 184 valence electrons. The van der Waals surface area contributed by atoms with Crippen LogP contribution in [0, 0.1) is 11.3 Å². The van der Waals surface area contributed by atoms with Gasteiger partial charge >= 0.3 is 5.97 Å². The summed E-state index contributed by atoms with van der Waals surface area (Å²) >= 11 is 0. The number of rotatable bonds is 9. The van der Waals surface area contributed by atoms with Gasteiger partial charge in [-0.15, -0.1) is 0 Å². The van der Waals surface area contributed by atoms with Crippen molar-refractivity contribution >= 4 is 40.9 Å². The minimum Gasteiger partial charge on any atom is -0.480 e. The average molecular weight is 485 g/mol. The predicted molar refractivity (Wildman–Crippen MR) is 140 cm³/mol. The molecule has 36 heavy (non-hydrogen) atoms. The van der Waals surface area contributed by atoms with Crippen molar-refractivity contribution in [1.82, 2.24) is 4.98 Å². The van der Waals surface area contributed by atoms with Gasteiger partial charge in [-0.2, -0.15) is 5.26 Å². The lowest BCUT2D eigenvalue weighted by Crippen LogP contribution is -2.52. The Morgan fingerprint density at radius 1 is 1.25 bits per heavy atom. The van der Waals surface area contributed by atoms with E-state index >= 15 is 0 Å². The Labute approximate surface area is 210 Å². The molecule has 0 fully saturated rings. The summed E-state index contributed by atoms with van der Waals surface area (Å²) in [6.07, 6.45) is 2.64. The van der Waals surface area contributed by atoms with E-state index in [1.807, 2.05) is 49.2 Å². The number of aliphatic carboxylic acids is 1. The molecule has 9 heteroatoms. The number of carboxylic acid groups (broad SMARTS) is 1. The Morgan fingerprint density at radius 3 is 2.58 bits per heavy atom. The minimum atomic E-state index is -0.941. The zero-order valence-corrected chi connectivity index (χ0v) is 20.4. The number of nitrogens with zero attached hydrogens (tertiary/aromatic N) is 5. The van der Waals surface area contributed by atoms with E-state index < -0.39 is 12.0 Å². The van der Waals surface area contributed by atoms with Gasteiger partial charge in [0.1, 0.15) is 18.0 Å². The fourth-order valence-electron chi connectivity index (χ4n) is 4.66. The molecule has 2 atom stereocenters. The normalized spacial score (nSPS) is 15.1. The lowest BCUT2D eigenvalue weighted by Gasteiger charge is -2.34. The van der Waals surface area contributed by atoms with Gasteiger partial charge in [-0.3, -0.25) is 9.69 Å². The van der Waals surface area contributed by atoms with Crippen molar-refractivity contribution in [1.29, 1.82) is 5.26 Å². The van der Waals surface area contributed by atoms with E-state index in [0.29, 0.717) is 30.0 Å². The summed E-state index contributed by atoms with van der Waals surface area (Å²) < 4.78 is 0. The van der Waals surface area contributed by atoms with Crippen molar-refractivity contribution in [3.05, 3.63) is 71.9 Å². The molecule has 3 aromatic rings. The molecule has 1 aliphatic rings. The molecule has 2 aromatic carbocycles. The summed E-state index contributed by atoms with van der Waals surface area (Å²) in [6.45, 7) is 4.10. The van der Waals surface area contributed by atoms with Gasteiger partial charge in [-0.25, -0.2) is 9.78 Å². The summed E-state index contributed by atoms with van der Waals surface area (Å²) in [5.41, 5.74) is 4.62. The number of nitrogens with one attached hydrogen (secondary N) is 1. The number of carbonyl (C=O) groups excluding carboxylic acids is 1. The molecule has 4 rings (SSSR count).